The molecule has 1 fully saturated rings. The summed E-state index contributed by atoms with van der Waals surface area (Å²) < 4.78 is 1.69. The molecule has 0 aliphatic carbocycles. The molecule has 1 aliphatic rings. The summed E-state index contributed by atoms with van der Waals surface area (Å²) in [5.41, 5.74) is 2.55. The van der Waals surface area contributed by atoms with E-state index in [1.165, 1.54) is 23.1 Å². The average molecular weight is 485 g/mol. The van der Waals surface area contributed by atoms with Gasteiger partial charge < -0.3 is 10.2 Å². The predicted octanol–water partition coefficient (Wildman–Crippen LogP) is 4.65. The number of thiophene rings is 1. The fourth-order valence-electron chi connectivity index (χ4n) is 3.88. The molecule has 0 atom stereocenters. The van der Waals surface area contributed by atoms with Crippen LogP contribution in [0.3, 0.4) is 0 Å². The van der Waals surface area contributed by atoms with Crippen LogP contribution in [-0.4, -0.2) is 55.8 Å². The number of piperidine rings is 1. The molecule has 33 heavy (non-hydrogen) atoms. The Kier molecular flexibility index (Phi) is 7.44. The Morgan fingerprint density at radius 1 is 1.15 bits per heavy atom. The van der Waals surface area contributed by atoms with Crippen LogP contribution in [-0.2, 0) is 4.79 Å². The van der Waals surface area contributed by atoms with Crippen LogP contribution >= 0.6 is 23.1 Å². The highest BCUT2D eigenvalue weighted by molar-refractivity contribution is 7.99. The van der Waals surface area contributed by atoms with Crippen LogP contribution in [0.2, 0.25) is 0 Å². The number of nitrogens with zero attached hydrogens (tertiary/aromatic N) is 5. The zero-order valence-corrected chi connectivity index (χ0v) is 20.7. The van der Waals surface area contributed by atoms with Gasteiger partial charge in [-0.2, -0.15) is 0 Å². The van der Waals surface area contributed by atoms with Crippen molar-refractivity contribution in [1.29, 1.82) is 0 Å². The first-order valence-electron chi connectivity index (χ1n) is 11.1. The minimum absolute atomic E-state index is 0.00247. The number of rotatable bonds is 7. The number of hydrogen-bond acceptors (Lipinski definition) is 7. The number of carbonyl (C=O) groups is 2. The topological polar surface area (TPSA) is 93.0 Å². The van der Waals surface area contributed by atoms with E-state index in [2.05, 4.69) is 20.8 Å². The zero-order chi connectivity index (χ0) is 23.4. The van der Waals surface area contributed by atoms with Gasteiger partial charge >= 0.3 is 0 Å². The number of thioether (sulfide) groups is 1. The zero-order valence-electron chi connectivity index (χ0n) is 19.1. The van der Waals surface area contributed by atoms with Crippen LogP contribution in [0.25, 0.3) is 10.4 Å². The van der Waals surface area contributed by atoms with E-state index in [0.717, 1.165) is 48.4 Å². The molecule has 0 spiro atoms. The molecule has 1 aliphatic heterocycles. The van der Waals surface area contributed by atoms with E-state index >= 15 is 0 Å². The number of hydrogen-bond donors (Lipinski definition) is 1. The van der Waals surface area contributed by atoms with Crippen LogP contribution in [0.1, 0.15) is 55.1 Å². The van der Waals surface area contributed by atoms with Gasteiger partial charge in [-0.15, -0.1) is 16.4 Å². The first kappa shape index (κ1) is 23.4. The van der Waals surface area contributed by atoms with Gasteiger partial charge in [-0.05, 0) is 61.6 Å². The molecular weight excluding hydrogens is 456 g/mol. The summed E-state index contributed by atoms with van der Waals surface area (Å²) in [5.74, 6) is -0.0357. The standard InChI is InChI=1S/C23H28N6O2S2/c1-15(2)29-23(25-26-27-29)32-14-18(30)24-21-19(22(31)28-12-8-5-9-13-28)16(3)20(33-21)17-10-6-4-7-11-17/h4,6-7,10-11,15H,5,8-9,12-14H2,1-3H3,(H,24,30). The van der Waals surface area contributed by atoms with Crippen molar-refractivity contribution in [3.8, 4) is 10.4 Å². The molecule has 3 heterocycles. The maximum absolute atomic E-state index is 13.5. The van der Waals surface area contributed by atoms with E-state index in [4.69, 9.17) is 0 Å². The first-order chi connectivity index (χ1) is 16.0. The van der Waals surface area contributed by atoms with Crippen molar-refractivity contribution >= 4 is 39.9 Å². The van der Waals surface area contributed by atoms with E-state index in [9.17, 15) is 9.59 Å². The Morgan fingerprint density at radius 2 is 1.88 bits per heavy atom. The highest BCUT2D eigenvalue weighted by Gasteiger charge is 2.28. The molecule has 1 N–H and O–H groups in total. The van der Waals surface area contributed by atoms with Gasteiger partial charge in [0.2, 0.25) is 11.1 Å². The summed E-state index contributed by atoms with van der Waals surface area (Å²) >= 11 is 2.74. The largest absolute Gasteiger partial charge is 0.339 e. The first-order valence-corrected chi connectivity index (χ1v) is 12.9. The summed E-state index contributed by atoms with van der Waals surface area (Å²) in [4.78, 5) is 29.3. The summed E-state index contributed by atoms with van der Waals surface area (Å²) in [5, 5.41) is 15.9. The van der Waals surface area contributed by atoms with Gasteiger partial charge in [0.25, 0.3) is 5.91 Å². The van der Waals surface area contributed by atoms with Gasteiger partial charge in [0.15, 0.2) is 0 Å². The fraction of sp³-hybridized carbons (Fsp3) is 0.435. The van der Waals surface area contributed by atoms with Gasteiger partial charge in [0, 0.05) is 18.0 Å². The van der Waals surface area contributed by atoms with E-state index in [1.807, 2.05) is 56.0 Å². The Bertz CT molecular complexity index is 1120. The summed E-state index contributed by atoms with van der Waals surface area (Å²) in [6.45, 7) is 7.46. The Morgan fingerprint density at radius 3 is 2.58 bits per heavy atom. The summed E-state index contributed by atoms with van der Waals surface area (Å²) in [6.07, 6.45) is 3.19. The van der Waals surface area contributed by atoms with Gasteiger partial charge in [-0.1, -0.05) is 42.1 Å². The number of likely N-dealkylation sites (tertiary alicyclic amines) is 1. The van der Waals surface area contributed by atoms with Crippen molar-refractivity contribution in [2.24, 2.45) is 0 Å². The molecule has 1 saturated heterocycles. The maximum Gasteiger partial charge on any atom is 0.257 e. The number of carbonyl (C=O) groups excluding carboxylic acids is 2. The van der Waals surface area contributed by atoms with Crippen molar-refractivity contribution in [3.05, 3.63) is 41.5 Å². The Balaban J connectivity index is 1.58. The van der Waals surface area contributed by atoms with Gasteiger partial charge in [0.05, 0.1) is 17.4 Å². The molecular formula is C23H28N6O2S2. The number of nitrogens with one attached hydrogen (secondary N) is 1. The predicted molar refractivity (Wildman–Crippen MR) is 132 cm³/mol. The molecule has 10 heteroatoms. The second kappa shape index (κ2) is 10.5. The van der Waals surface area contributed by atoms with Crippen LogP contribution < -0.4 is 5.32 Å². The normalized spacial score (nSPS) is 14.0. The molecule has 0 radical (unpaired) electrons. The fourth-order valence-corrected chi connectivity index (χ4v) is 5.90. The average Bonchev–Trinajstić information content (AvgIpc) is 3.43. The molecule has 0 unspecified atom stereocenters. The molecule has 1 aromatic carbocycles. The van der Waals surface area contributed by atoms with E-state index < -0.39 is 0 Å². The van der Waals surface area contributed by atoms with Gasteiger partial charge in [-0.25, -0.2) is 4.68 Å². The number of amides is 2. The molecule has 0 saturated carbocycles. The highest BCUT2D eigenvalue weighted by Crippen LogP contribution is 2.41. The molecule has 3 aromatic rings. The quantitative estimate of drug-likeness (QED) is 0.491. The van der Waals surface area contributed by atoms with Gasteiger partial charge in [-0.3, -0.25) is 9.59 Å². The van der Waals surface area contributed by atoms with Crippen molar-refractivity contribution in [1.82, 2.24) is 25.1 Å². The van der Waals surface area contributed by atoms with Crippen LogP contribution in [0, 0.1) is 6.92 Å². The minimum atomic E-state index is -0.188. The second-order valence-corrected chi connectivity index (χ2v) is 10.3. The third kappa shape index (κ3) is 5.27. The third-order valence-electron chi connectivity index (χ3n) is 5.58. The lowest BCUT2D eigenvalue weighted by molar-refractivity contribution is -0.113. The van der Waals surface area contributed by atoms with E-state index in [-0.39, 0.29) is 23.6 Å². The lowest BCUT2D eigenvalue weighted by Crippen LogP contribution is -2.36. The Labute approximate surface area is 201 Å². The lowest BCUT2D eigenvalue weighted by atomic mass is 10.0. The SMILES string of the molecule is Cc1c(-c2ccccc2)sc(NC(=O)CSc2nnnn2C(C)C)c1C(=O)N1CCCCC1. The minimum Gasteiger partial charge on any atom is -0.339 e. The van der Waals surface area contributed by atoms with E-state index in [1.54, 1.807) is 4.68 Å². The smallest absolute Gasteiger partial charge is 0.257 e. The monoisotopic (exact) mass is 484 g/mol. The third-order valence-corrected chi connectivity index (χ3v) is 7.77. The van der Waals surface area contributed by atoms with Crippen LogP contribution in [0.15, 0.2) is 35.5 Å². The van der Waals surface area contributed by atoms with Crippen LogP contribution in [0.4, 0.5) is 5.00 Å². The van der Waals surface area contributed by atoms with Crippen molar-refractivity contribution in [3.63, 3.8) is 0 Å². The number of aromatic nitrogens is 4. The summed E-state index contributed by atoms with van der Waals surface area (Å²) in [6, 6.07) is 10.1. The molecule has 174 valence electrons. The molecule has 2 aromatic heterocycles. The molecule has 0 bridgehead atoms. The lowest BCUT2D eigenvalue weighted by Gasteiger charge is -2.27. The Hall–Kier alpha value is -2.72. The van der Waals surface area contributed by atoms with Gasteiger partial charge in [0.1, 0.15) is 5.00 Å². The number of benzene rings is 1. The van der Waals surface area contributed by atoms with E-state index in [0.29, 0.717) is 15.7 Å². The maximum atomic E-state index is 13.5. The number of tetrazole rings is 1. The van der Waals surface area contributed by atoms with Crippen LogP contribution in [0.5, 0.6) is 0 Å². The molecule has 8 nitrogen and oxygen atoms in total. The van der Waals surface area contributed by atoms with Crippen molar-refractivity contribution in [2.45, 2.75) is 51.2 Å². The highest BCUT2D eigenvalue weighted by atomic mass is 32.2. The summed E-state index contributed by atoms with van der Waals surface area (Å²) in [7, 11) is 0. The van der Waals surface area contributed by atoms with Crippen molar-refractivity contribution in [2.75, 3.05) is 24.2 Å². The molecule has 4 rings (SSSR count). The number of anilines is 1. The van der Waals surface area contributed by atoms with Crippen molar-refractivity contribution < 1.29 is 9.59 Å². The molecule has 2 amide bonds. The second-order valence-electron chi connectivity index (χ2n) is 8.32.